The summed E-state index contributed by atoms with van der Waals surface area (Å²) in [6.07, 6.45) is 9.96. The number of anilines is 1. The van der Waals surface area contributed by atoms with Gasteiger partial charge in [-0.25, -0.2) is 0 Å². The van der Waals surface area contributed by atoms with Crippen molar-refractivity contribution in [2.45, 2.75) is 65.2 Å². The molecule has 0 atom stereocenters. The zero-order valence-electron chi connectivity index (χ0n) is 11.5. The lowest BCUT2D eigenvalue weighted by Crippen LogP contribution is -2.00. The number of nitrogen functional groups attached to an aromatic ring is 1. The third kappa shape index (κ3) is 4.80. The highest BCUT2D eigenvalue weighted by atomic mass is 14.6. The molecule has 2 N–H and O–H groups in total. The van der Waals surface area contributed by atoms with Gasteiger partial charge in [-0.2, -0.15) is 0 Å². The molecule has 0 radical (unpaired) electrons. The molecule has 17 heavy (non-hydrogen) atoms. The zero-order chi connectivity index (χ0) is 12.5. The Hall–Kier alpha value is -0.980. The molecule has 0 unspecified atom stereocenters. The van der Waals surface area contributed by atoms with Crippen LogP contribution in [0.1, 0.15) is 63.5 Å². The maximum absolute atomic E-state index is 6.25. The molecule has 0 aromatic heterocycles. The van der Waals surface area contributed by atoms with E-state index in [-0.39, 0.29) is 0 Å². The van der Waals surface area contributed by atoms with Crippen molar-refractivity contribution in [1.82, 2.24) is 0 Å². The molecule has 1 nitrogen and oxygen atoms in total. The average Bonchev–Trinajstić information content (AvgIpc) is 2.34. The molecular weight excluding hydrogens is 206 g/mol. The normalized spacial score (nSPS) is 10.7. The maximum Gasteiger partial charge on any atom is 0.0379 e. The summed E-state index contributed by atoms with van der Waals surface area (Å²) in [4.78, 5) is 0. The van der Waals surface area contributed by atoms with Gasteiger partial charge in [0.25, 0.3) is 0 Å². The predicted octanol–water partition coefficient (Wildman–Crippen LogP) is 4.73. The Balaban J connectivity index is 2.56. The van der Waals surface area contributed by atoms with Gasteiger partial charge in [0, 0.05) is 5.69 Å². The van der Waals surface area contributed by atoms with E-state index in [1.165, 1.54) is 49.7 Å². The van der Waals surface area contributed by atoms with Gasteiger partial charge in [0.2, 0.25) is 0 Å². The van der Waals surface area contributed by atoms with Gasteiger partial charge in [0.15, 0.2) is 0 Å². The van der Waals surface area contributed by atoms with Crippen molar-refractivity contribution in [2.75, 3.05) is 5.73 Å². The summed E-state index contributed by atoms with van der Waals surface area (Å²) in [5.74, 6) is 0. The number of aryl methyl sites for hydroxylation is 2. The molecule has 0 saturated carbocycles. The van der Waals surface area contributed by atoms with Gasteiger partial charge in [0.05, 0.1) is 0 Å². The molecule has 0 spiro atoms. The second-order valence-corrected chi connectivity index (χ2v) is 4.90. The summed E-state index contributed by atoms with van der Waals surface area (Å²) < 4.78 is 0. The van der Waals surface area contributed by atoms with E-state index in [1.807, 2.05) is 0 Å². The van der Waals surface area contributed by atoms with Crippen LogP contribution in [0.4, 0.5) is 5.69 Å². The predicted molar refractivity (Wildman–Crippen MR) is 77.3 cm³/mol. The second-order valence-electron chi connectivity index (χ2n) is 4.90. The van der Waals surface area contributed by atoms with Gasteiger partial charge in [-0.15, -0.1) is 0 Å². The van der Waals surface area contributed by atoms with Crippen LogP contribution in [0.25, 0.3) is 0 Å². The third-order valence-corrected chi connectivity index (χ3v) is 3.39. The lowest BCUT2D eigenvalue weighted by Gasteiger charge is -2.10. The summed E-state index contributed by atoms with van der Waals surface area (Å²) in [5.41, 5.74) is 10.0. The van der Waals surface area contributed by atoms with Crippen LogP contribution in [0.15, 0.2) is 18.2 Å². The summed E-state index contributed by atoms with van der Waals surface area (Å²) in [7, 11) is 0. The highest BCUT2D eigenvalue weighted by Gasteiger charge is 2.04. The molecule has 0 fully saturated rings. The maximum atomic E-state index is 6.25. The lowest BCUT2D eigenvalue weighted by atomic mass is 9.98. The molecular formula is C16H27N. The summed E-state index contributed by atoms with van der Waals surface area (Å²) in [6.45, 7) is 4.48. The van der Waals surface area contributed by atoms with Crippen LogP contribution in [-0.4, -0.2) is 0 Å². The van der Waals surface area contributed by atoms with Crippen LogP contribution in [0.5, 0.6) is 0 Å². The Labute approximate surface area is 106 Å². The van der Waals surface area contributed by atoms with Crippen molar-refractivity contribution in [2.24, 2.45) is 0 Å². The molecule has 1 rings (SSSR count). The average molecular weight is 233 g/mol. The second kappa shape index (κ2) is 8.16. The van der Waals surface area contributed by atoms with E-state index in [0.717, 1.165) is 18.5 Å². The molecule has 0 aliphatic carbocycles. The van der Waals surface area contributed by atoms with Crippen LogP contribution in [-0.2, 0) is 12.8 Å². The number of nitrogens with two attached hydrogens (primary N) is 1. The van der Waals surface area contributed by atoms with Crippen LogP contribution >= 0.6 is 0 Å². The molecule has 0 aliphatic heterocycles. The SMILES string of the molecule is CCCCCc1cccc(CCCCC)c1N. The number of rotatable bonds is 8. The minimum atomic E-state index is 1.06. The van der Waals surface area contributed by atoms with Gasteiger partial charge in [-0.05, 0) is 36.8 Å². The Bertz CT molecular complexity index is 289. The molecule has 96 valence electrons. The molecule has 0 saturated heterocycles. The van der Waals surface area contributed by atoms with Gasteiger partial charge in [-0.1, -0.05) is 57.7 Å². The fourth-order valence-electron chi connectivity index (χ4n) is 2.23. The summed E-state index contributed by atoms with van der Waals surface area (Å²) in [6, 6.07) is 6.54. The van der Waals surface area contributed by atoms with Crippen molar-refractivity contribution in [3.63, 3.8) is 0 Å². The Morgan fingerprint density at radius 3 is 1.71 bits per heavy atom. The van der Waals surface area contributed by atoms with Crippen molar-refractivity contribution < 1.29 is 0 Å². The lowest BCUT2D eigenvalue weighted by molar-refractivity contribution is 0.710. The fourth-order valence-corrected chi connectivity index (χ4v) is 2.23. The van der Waals surface area contributed by atoms with Crippen molar-refractivity contribution in [1.29, 1.82) is 0 Å². The minimum Gasteiger partial charge on any atom is -0.398 e. The van der Waals surface area contributed by atoms with Crippen LogP contribution < -0.4 is 5.73 Å². The van der Waals surface area contributed by atoms with E-state index in [4.69, 9.17) is 5.73 Å². The van der Waals surface area contributed by atoms with E-state index in [1.54, 1.807) is 0 Å². The van der Waals surface area contributed by atoms with Gasteiger partial charge in [-0.3, -0.25) is 0 Å². The van der Waals surface area contributed by atoms with Gasteiger partial charge < -0.3 is 5.73 Å². The molecule has 1 aromatic rings. The van der Waals surface area contributed by atoms with E-state index >= 15 is 0 Å². The van der Waals surface area contributed by atoms with Crippen LogP contribution in [0.2, 0.25) is 0 Å². The number of benzene rings is 1. The van der Waals surface area contributed by atoms with Crippen LogP contribution in [0, 0.1) is 0 Å². The number of hydrogen-bond donors (Lipinski definition) is 1. The quantitative estimate of drug-likeness (QED) is 0.509. The van der Waals surface area contributed by atoms with Crippen LogP contribution in [0.3, 0.4) is 0 Å². The first-order valence-electron chi connectivity index (χ1n) is 7.15. The monoisotopic (exact) mass is 233 g/mol. The first-order valence-corrected chi connectivity index (χ1v) is 7.15. The van der Waals surface area contributed by atoms with Crippen molar-refractivity contribution in [3.05, 3.63) is 29.3 Å². The molecule has 1 aromatic carbocycles. The molecule has 0 aliphatic rings. The molecule has 0 bridgehead atoms. The summed E-state index contributed by atoms with van der Waals surface area (Å²) >= 11 is 0. The topological polar surface area (TPSA) is 26.0 Å². The third-order valence-electron chi connectivity index (χ3n) is 3.39. The number of unbranched alkanes of at least 4 members (excludes halogenated alkanes) is 4. The highest BCUT2D eigenvalue weighted by Crippen LogP contribution is 2.21. The highest BCUT2D eigenvalue weighted by molar-refractivity contribution is 5.53. The molecule has 1 heteroatoms. The number of para-hydroxylation sites is 1. The van der Waals surface area contributed by atoms with E-state index < -0.39 is 0 Å². The number of hydrogen-bond acceptors (Lipinski definition) is 1. The Kier molecular flexibility index (Phi) is 6.76. The molecule has 0 amide bonds. The first-order chi connectivity index (χ1) is 8.29. The molecule has 0 heterocycles. The zero-order valence-corrected chi connectivity index (χ0v) is 11.5. The van der Waals surface area contributed by atoms with E-state index in [9.17, 15) is 0 Å². The standard InChI is InChI=1S/C16H27N/c1-3-5-7-10-14-12-9-13-15(16(14)17)11-8-6-4-2/h9,12-13H,3-8,10-11,17H2,1-2H3. The van der Waals surface area contributed by atoms with Crippen molar-refractivity contribution in [3.8, 4) is 0 Å². The smallest absolute Gasteiger partial charge is 0.0379 e. The summed E-state index contributed by atoms with van der Waals surface area (Å²) in [5, 5.41) is 0. The van der Waals surface area contributed by atoms with Gasteiger partial charge >= 0.3 is 0 Å². The first kappa shape index (κ1) is 14.1. The van der Waals surface area contributed by atoms with E-state index in [0.29, 0.717) is 0 Å². The Morgan fingerprint density at radius 2 is 1.29 bits per heavy atom. The van der Waals surface area contributed by atoms with Crippen molar-refractivity contribution >= 4 is 5.69 Å². The Morgan fingerprint density at radius 1 is 0.824 bits per heavy atom. The van der Waals surface area contributed by atoms with Gasteiger partial charge in [0.1, 0.15) is 0 Å². The van der Waals surface area contributed by atoms with E-state index in [2.05, 4.69) is 32.0 Å². The largest absolute Gasteiger partial charge is 0.398 e. The fraction of sp³-hybridized carbons (Fsp3) is 0.625. The minimum absolute atomic E-state index is 1.06.